The minimum Gasteiger partial charge on any atom is -0.464 e. The van der Waals surface area contributed by atoms with Crippen molar-refractivity contribution < 1.29 is 8.83 Å². The lowest BCUT2D eigenvalue weighted by atomic mass is 10.2. The molecule has 80 valence electrons. The smallest absolute Gasteiger partial charge is 0.169 e. The Morgan fingerprint density at radius 3 is 2.40 bits per heavy atom. The number of hydrogen-bond donors (Lipinski definition) is 1. The number of furan rings is 2. The van der Waals surface area contributed by atoms with Crippen LogP contribution in [0.2, 0.25) is 0 Å². The molecule has 1 atom stereocenters. The third kappa shape index (κ3) is 2.16. The Labute approximate surface area is 96.4 Å². The first kappa shape index (κ1) is 10.5. The minimum atomic E-state index is -0.336. The fourth-order valence-electron chi connectivity index (χ4n) is 1.39. The summed E-state index contributed by atoms with van der Waals surface area (Å²) >= 11 is 3.24. The van der Waals surface area contributed by atoms with Crippen LogP contribution in [0.3, 0.4) is 0 Å². The maximum atomic E-state index is 5.99. The van der Waals surface area contributed by atoms with E-state index in [1.807, 2.05) is 31.2 Å². The van der Waals surface area contributed by atoms with Crippen LogP contribution in [0.1, 0.15) is 30.2 Å². The molecule has 2 rings (SSSR count). The maximum Gasteiger partial charge on any atom is 0.169 e. The summed E-state index contributed by atoms with van der Waals surface area (Å²) in [7, 11) is 0. The van der Waals surface area contributed by atoms with Crippen molar-refractivity contribution in [2.24, 2.45) is 5.73 Å². The molecule has 1 unspecified atom stereocenters. The number of aryl methyl sites for hydroxylation is 1. The van der Waals surface area contributed by atoms with E-state index in [-0.39, 0.29) is 6.04 Å². The van der Waals surface area contributed by atoms with E-state index < -0.39 is 0 Å². The van der Waals surface area contributed by atoms with Crippen LogP contribution in [0.4, 0.5) is 0 Å². The Balaban J connectivity index is 2.23. The van der Waals surface area contributed by atoms with Crippen LogP contribution in [0.25, 0.3) is 0 Å². The normalized spacial score (nSPS) is 13.0. The van der Waals surface area contributed by atoms with E-state index in [1.165, 1.54) is 0 Å². The van der Waals surface area contributed by atoms with E-state index in [2.05, 4.69) is 15.9 Å². The quantitative estimate of drug-likeness (QED) is 0.931. The molecule has 15 heavy (non-hydrogen) atoms. The van der Waals surface area contributed by atoms with Gasteiger partial charge in [-0.05, 0) is 40.2 Å². The van der Waals surface area contributed by atoms with E-state index >= 15 is 0 Å². The second kappa shape index (κ2) is 4.24. The molecular formula is C11H12BrNO2. The molecule has 0 saturated carbocycles. The first-order chi connectivity index (χ1) is 7.20. The highest BCUT2D eigenvalue weighted by atomic mass is 79.9. The molecule has 4 heteroatoms. The van der Waals surface area contributed by atoms with Gasteiger partial charge in [-0.25, -0.2) is 0 Å². The Bertz CT molecular complexity index is 447. The van der Waals surface area contributed by atoms with E-state index in [1.54, 1.807) is 0 Å². The van der Waals surface area contributed by atoms with Crippen LogP contribution in [0.5, 0.6) is 0 Å². The van der Waals surface area contributed by atoms with Crippen LogP contribution >= 0.6 is 15.9 Å². The number of rotatable bonds is 3. The van der Waals surface area contributed by atoms with E-state index in [9.17, 15) is 0 Å². The molecular weight excluding hydrogens is 258 g/mol. The summed E-state index contributed by atoms with van der Waals surface area (Å²) < 4.78 is 11.6. The lowest BCUT2D eigenvalue weighted by Crippen LogP contribution is -2.09. The Kier molecular flexibility index (Phi) is 2.98. The van der Waals surface area contributed by atoms with Crippen molar-refractivity contribution in [3.8, 4) is 0 Å². The Hall–Kier alpha value is -1.00. The van der Waals surface area contributed by atoms with Gasteiger partial charge in [-0.2, -0.15) is 0 Å². The summed E-state index contributed by atoms with van der Waals surface area (Å²) in [4.78, 5) is 0. The van der Waals surface area contributed by atoms with Crippen LogP contribution in [-0.2, 0) is 6.42 Å². The van der Waals surface area contributed by atoms with Crippen molar-refractivity contribution in [1.82, 2.24) is 0 Å². The molecule has 0 saturated heterocycles. The van der Waals surface area contributed by atoms with Crippen LogP contribution in [-0.4, -0.2) is 0 Å². The summed E-state index contributed by atoms with van der Waals surface area (Å²) in [5.74, 6) is 2.36. The molecule has 2 aromatic heterocycles. The molecule has 0 aliphatic rings. The zero-order chi connectivity index (χ0) is 10.8. The summed E-state index contributed by atoms with van der Waals surface area (Å²) in [6.07, 6.45) is 0.870. The van der Waals surface area contributed by atoms with E-state index in [0.717, 1.165) is 17.9 Å². The summed E-state index contributed by atoms with van der Waals surface area (Å²) in [5.41, 5.74) is 5.99. The fraction of sp³-hybridized carbons (Fsp3) is 0.273. The summed E-state index contributed by atoms with van der Waals surface area (Å²) in [5, 5.41) is 0. The largest absolute Gasteiger partial charge is 0.464 e. The Morgan fingerprint density at radius 2 is 1.87 bits per heavy atom. The van der Waals surface area contributed by atoms with Crippen molar-refractivity contribution in [3.63, 3.8) is 0 Å². The van der Waals surface area contributed by atoms with Crippen LogP contribution in [0, 0.1) is 0 Å². The van der Waals surface area contributed by atoms with Gasteiger partial charge in [0.2, 0.25) is 0 Å². The maximum absolute atomic E-state index is 5.99. The average molecular weight is 270 g/mol. The first-order valence-electron chi connectivity index (χ1n) is 4.80. The molecule has 0 amide bonds. The molecule has 0 aliphatic heterocycles. The first-order valence-corrected chi connectivity index (χ1v) is 5.59. The highest BCUT2D eigenvalue weighted by molar-refractivity contribution is 9.10. The van der Waals surface area contributed by atoms with Crippen molar-refractivity contribution in [2.75, 3.05) is 0 Å². The third-order valence-electron chi connectivity index (χ3n) is 2.24. The fourth-order valence-corrected chi connectivity index (χ4v) is 1.71. The lowest BCUT2D eigenvalue weighted by Gasteiger charge is -2.04. The predicted octanol–water partition coefficient (Wildman–Crippen LogP) is 3.25. The van der Waals surface area contributed by atoms with Gasteiger partial charge in [-0.15, -0.1) is 0 Å². The van der Waals surface area contributed by atoms with Gasteiger partial charge < -0.3 is 14.6 Å². The van der Waals surface area contributed by atoms with Gasteiger partial charge in [0.05, 0.1) is 0 Å². The van der Waals surface area contributed by atoms with Crippen molar-refractivity contribution in [2.45, 2.75) is 19.4 Å². The van der Waals surface area contributed by atoms with Gasteiger partial charge >= 0.3 is 0 Å². The molecule has 3 nitrogen and oxygen atoms in total. The Morgan fingerprint density at radius 1 is 1.20 bits per heavy atom. The van der Waals surface area contributed by atoms with Gasteiger partial charge in [-0.1, -0.05) is 6.92 Å². The van der Waals surface area contributed by atoms with Gasteiger partial charge in [-0.3, -0.25) is 0 Å². The summed E-state index contributed by atoms with van der Waals surface area (Å²) in [6.45, 7) is 2.04. The van der Waals surface area contributed by atoms with Crippen molar-refractivity contribution in [1.29, 1.82) is 0 Å². The molecule has 0 aliphatic carbocycles. The van der Waals surface area contributed by atoms with Crippen molar-refractivity contribution >= 4 is 15.9 Å². The molecule has 0 radical (unpaired) electrons. The molecule has 0 fully saturated rings. The van der Waals surface area contributed by atoms with Crippen LogP contribution < -0.4 is 5.73 Å². The number of halogens is 1. The van der Waals surface area contributed by atoms with Gasteiger partial charge in [0.1, 0.15) is 23.3 Å². The zero-order valence-electron chi connectivity index (χ0n) is 8.37. The second-order valence-corrected chi connectivity index (χ2v) is 4.06. The topological polar surface area (TPSA) is 52.3 Å². The van der Waals surface area contributed by atoms with Gasteiger partial charge in [0, 0.05) is 6.42 Å². The summed E-state index contributed by atoms with van der Waals surface area (Å²) in [6, 6.07) is 7.14. The highest BCUT2D eigenvalue weighted by Gasteiger charge is 2.16. The standard InChI is InChI=1S/C11H12BrNO2/c1-2-7-3-4-8(14-7)11(13)9-5-6-10(12)15-9/h3-6,11H,2,13H2,1H3. The molecule has 0 aromatic carbocycles. The second-order valence-electron chi connectivity index (χ2n) is 3.28. The van der Waals surface area contributed by atoms with Gasteiger partial charge in [0.25, 0.3) is 0 Å². The zero-order valence-corrected chi connectivity index (χ0v) is 9.95. The molecule has 0 spiro atoms. The predicted molar refractivity (Wildman–Crippen MR) is 60.5 cm³/mol. The number of nitrogens with two attached hydrogens (primary N) is 1. The van der Waals surface area contributed by atoms with Crippen LogP contribution in [0.15, 0.2) is 37.8 Å². The SMILES string of the molecule is CCc1ccc(C(N)c2ccc(Br)o2)o1. The monoisotopic (exact) mass is 269 g/mol. The van der Waals surface area contributed by atoms with Crippen molar-refractivity contribution in [3.05, 3.63) is 46.2 Å². The van der Waals surface area contributed by atoms with E-state index in [4.69, 9.17) is 14.6 Å². The number of hydrogen-bond acceptors (Lipinski definition) is 3. The minimum absolute atomic E-state index is 0.336. The lowest BCUT2D eigenvalue weighted by molar-refractivity contribution is 0.408. The molecule has 2 aromatic rings. The average Bonchev–Trinajstić information content (AvgIpc) is 2.84. The van der Waals surface area contributed by atoms with E-state index in [0.29, 0.717) is 10.4 Å². The molecule has 2 heterocycles. The van der Waals surface area contributed by atoms with Gasteiger partial charge in [0.15, 0.2) is 4.67 Å². The third-order valence-corrected chi connectivity index (χ3v) is 2.66. The molecule has 0 bridgehead atoms. The highest BCUT2D eigenvalue weighted by Crippen LogP contribution is 2.25. The molecule has 2 N–H and O–H groups in total.